The molecule has 0 aliphatic rings. The lowest BCUT2D eigenvalue weighted by atomic mass is 9.92. The minimum absolute atomic E-state index is 0.201. The van der Waals surface area contributed by atoms with Gasteiger partial charge in [-0.3, -0.25) is 4.79 Å². The van der Waals surface area contributed by atoms with Gasteiger partial charge in [-0.2, -0.15) is 0 Å². The van der Waals surface area contributed by atoms with Crippen LogP contribution < -0.4 is 4.74 Å². The monoisotopic (exact) mass is 382 g/mol. The van der Waals surface area contributed by atoms with Crippen molar-refractivity contribution in [1.29, 1.82) is 0 Å². The summed E-state index contributed by atoms with van der Waals surface area (Å²) in [5.74, 6) is -0.754. The molecule has 0 fully saturated rings. The summed E-state index contributed by atoms with van der Waals surface area (Å²) in [5.41, 5.74) is 2.59. The fraction of sp³-hybridized carbons (Fsp3) is 0.118. The summed E-state index contributed by atoms with van der Waals surface area (Å²) < 4.78 is 5.09. The first-order chi connectivity index (χ1) is 11.6. The highest BCUT2D eigenvalue weighted by molar-refractivity contribution is 6.36. The molecule has 2 heterocycles. The third-order valence-corrected chi connectivity index (χ3v) is 4.39. The van der Waals surface area contributed by atoms with E-state index in [1.807, 2.05) is 36.7 Å². The van der Waals surface area contributed by atoms with Crippen LogP contribution in [0.15, 0.2) is 48.8 Å². The van der Waals surface area contributed by atoms with Crippen molar-refractivity contribution in [3.05, 3.63) is 75.8 Å². The molecule has 0 amide bonds. The van der Waals surface area contributed by atoms with Gasteiger partial charge in [0.1, 0.15) is 11.6 Å². The van der Waals surface area contributed by atoms with Crippen molar-refractivity contribution in [3.63, 3.8) is 0 Å². The van der Waals surface area contributed by atoms with Crippen LogP contribution in [0.1, 0.15) is 22.9 Å². The molecule has 0 atom stereocenters. The number of hydrogen-bond acceptors (Lipinski definition) is 2. The number of benzene rings is 1. The zero-order chi connectivity index (χ0) is 17.1. The van der Waals surface area contributed by atoms with Crippen molar-refractivity contribution in [2.24, 2.45) is 0 Å². The van der Waals surface area contributed by atoms with Gasteiger partial charge in [-0.15, -0.1) is 11.6 Å². The summed E-state index contributed by atoms with van der Waals surface area (Å²) >= 11 is 18.4. The number of ether oxygens (including phenoxy) is 1. The van der Waals surface area contributed by atoms with Gasteiger partial charge in [-0.05, 0) is 36.4 Å². The summed E-state index contributed by atoms with van der Waals surface area (Å²) in [6.07, 6.45) is 3.67. The Balaban J connectivity index is 2.07. The summed E-state index contributed by atoms with van der Waals surface area (Å²) in [4.78, 5) is 17.7. The standard InChI is InChI=1S/C17H13Cl3N2O2/c18-9-15(23)24-10-7-11(19)16(12(20)8-10)17(13-3-1-5-21-13)14-4-2-6-22-14/h1-8,17,21-22H,9H2. The first-order valence-corrected chi connectivity index (χ1v) is 8.41. The summed E-state index contributed by atoms with van der Waals surface area (Å²) in [7, 11) is 0. The van der Waals surface area contributed by atoms with Gasteiger partial charge in [0.2, 0.25) is 0 Å². The smallest absolute Gasteiger partial charge is 0.326 e. The molecule has 0 unspecified atom stereocenters. The number of H-pyrrole nitrogens is 2. The van der Waals surface area contributed by atoms with E-state index < -0.39 is 5.97 Å². The zero-order valence-corrected chi connectivity index (χ0v) is 14.6. The second-order valence-corrected chi connectivity index (χ2v) is 6.17. The van der Waals surface area contributed by atoms with Crippen molar-refractivity contribution in [2.75, 3.05) is 5.88 Å². The molecule has 124 valence electrons. The van der Waals surface area contributed by atoms with E-state index in [9.17, 15) is 4.79 Å². The van der Waals surface area contributed by atoms with Gasteiger partial charge in [-0.25, -0.2) is 0 Å². The Bertz CT molecular complexity index is 772. The van der Waals surface area contributed by atoms with E-state index in [1.165, 1.54) is 0 Å². The molecule has 2 aromatic heterocycles. The van der Waals surface area contributed by atoms with Crippen molar-refractivity contribution < 1.29 is 9.53 Å². The van der Waals surface area contributed by atoms with E-state index in [1.54, 1.807) is 12.1 Å². The average Bonchev–Trinajstić information content (AvgIpc) is 3.24. The number of carbonyl (C=O) groups excluding carboxylic acids is 1. The molecule has 0 aliphatic carbocycles. The molecule has 0 aliphatic heterocycles. The molecule has 0 saturated heterocycles. The van der Waals surface area contributed by atoms with Crippen LogP contribution in [0.25, 0.3) is 0 Å². The number of esters is 1. The summed E-state index contributed by atoms with van der Waals surface area (Å²) in [6, 6.07) is 10.9. The topological polar surface area (TPSA) is 57.9 Å². The first-order valence-electron chi connectivity index (χ1n) is 7.12. The fourth-order valence-electron chi connectivity index (χ4n) is 2.58. The Morgan fingerprint density at radius 1 is 1.04 bits per heavy atom. The van der Waals surface area contributed by atoms with Gasteiger partial charge in [0, 0.05) is 29.3 Å². The number of nitrogens with one attached hydrogen (secondary N) is 2. The molecule has 3 aromatic rings. The van der Waals surface area contributed by atoms with Crippen LogP contribution in [-0.2, 0) is 4.79 Å². The number of hydrogen-bond donors (Lipinski definition) is 2. The van der Waals surface area contributed by atoms with Crippen molar-refractivity contribution in [3.8, 4) is 5.75 Å². The van der Waals surface area contributed by atoms with Crippen LogP contribution in [0, 0.1) is 0 Å². The molecule has 0 spiro atoms. The van der Waals surface area contributed by atoms with Gasteiger partial charge in [0.05, 0.1) is 16.0 Å². The average molecular weight is 384 g/mol. The molecular formula is C17H13Cl3N2O2. The van der Waals surface area contributed by atoms with E-state index >= 15 is 0 Å². The van der Waals surface area contributed by atoms with Crippen LogP contribution in [-0.4, -0.2) is 21.8 Å². The number of aromatic amines is 2. The van der Waals surface area contributed by atoms with Crippen LogP contribution in [0.2, 0.25) is 10.0 Å². The number of carbonyl (C=O) groups is 1. The molecule has 4 nitrogen and oxygen atoms in total. The molecular weight excluding hydrogens is 371 g/mol. The van der Waals surface area contributed by atoms with Gasteiger partial charge in [0.15, 0.2) is 0 Å². The molecule has 0 bridgehead atoms. The Morgan fingerprint density at radius 3 is 2.00 bits per heavy atom. The lowest BCUT2D eigenvalue weighted by Gasteiger charge is -2.19. The highest BCUT2D eigenvalue weighted by Crippen LogP contribution is 2.41. The van der Waals surface area contributed by atoms with Crippen LogP contribution in [0.4, 0.5) is 0 Å². The van der Waals surface area contributed by atoms with Crippen molar-refractivity contribution in [2.45, 2.75) is 5.92 Å². The SMILES string of the molecule is O=C(CCl)Oc1cc(Cl)c(C(c2ccc[nH]2)c2ccc[nH]2)c(Cl)c1. The zero-order valence-electron chi connectivity index (χ0n) is 12.4. The van der Waals surface area contributed by atoms with Gasteiger partial charge in [0.25, 0.3) is 0 Å². The van der Waals surface area contributed by atoms with Gasteiger partial charge < -0.3 is 14.7 Å². The predicted octanol–water partition coefficient (Wildman–Crippen LogP) is 4.97. The first kappa shape index (κ1) is 17.0. The van der Waals surface area contributed by atoms with E-state index in [0.29, 0.717) is 15.6 Å². The highest BCUT2D eigenvalue weighted by Gasteiger charge is 2.25. The maximum absolute atomic E-state index is 11.3. The van der Waals surface area contributed by atoms with E-state index in [-0.39, 0.29) is 17.5 Å². The molecule has 0 saturated carbocycles. The predicted molar refractivity (Wildman–Crippen MR) is 95.3 cm³/mol. The second kappa shape index (κ2) is 7.34. The third-order valence-electron chi connectivity index (χ3n) is 3.55. The molecule has 2 N–H and O–H groups in total. The van der Waals surface area contributed by atoms with E-state index in [2.05, 4.69) is 9.97 Å². The normalized spacial score (nSPS) is 11.0. The maximum Gasteiger partial charge on any atom is 0.326 e. The molecule has 7 heteroatoms. The van der Waals surface area contributed by atoms with Crippen molar-refractivity contribution >= 4 is 40.8 Å². The fourth-order valence-corrected chi connectivity index (χ4v) is 3.32. The lowest BCUT2D eigenvalue weighted by molar-refractivity contribution is -0.131. The molecule has 24 heavy (non-hydrogen) atoms. The van der Waals surface area contributed by atoms with Crippen LogP contribution in [0.3, 0.4) is 0 Å². The summed E-state index contributed by atoms with van der Waals surface area (Å²) in [6.45, 7) is 0. The van der Waals surface area contributed by atoms with Gasteiger partial charge in [-0.1, -0.05) is 23.2 Å². The van der Waals surface area contributed by atoms with Crippen LogP contribution >= 0.6 is 34.8 Å². The maximum atomic E-state index is 11.3. The Hall–Kier alpha value is -1.88. The van der Waals surface area contributed by atoms with Crippen LogP contribution in [0.5, 0.6) is 5.75 Å². The quantitative estimate of drug-likeness (QED) is 0.371. The number of aromatic nitrogens is 2. The number of rotatable bonds is 5. The van der Waals surface area contributed by atoms with E-state index in [0.717, 1.165) is 11.4 Å². The minimum Gasteiger partial charge on any atom is -0.426 e. The molecule has 3 rings (SSSR count). The minimum atomic E-state index is -0.568. The lowest BCUT2D eigenvalue weighted by Crippen LogP contribution is -2.10. The Kier molecular flexibility index (Phi) is 5.19. The summed E-state index contributed by atoms with van der Waals surface area (Å²) in [5, 5.41) is 0.795. The number of alkyl halides is 1. The number of halogens is 3. The van der Waals surface area contributed by atoms with Gasteiger partial charge >= 0.3 is 5.97 Å². The van der Waals surface area contributed by atoms with Crippen molar-refractivity contribution in [1.82, 2.24) is 9.97 Å². The second-order valence-electron chi connectivity index (χ2n) is 5.09. The Morgan fingerprint density at radius 2 is 1.58 bits per heavy atom. The largest absolute Gasteiger partial charge is 0.426 e. The third kappa shape index (κ3) is 3.46. The highest BCUT2D eigenvalue weighted by atomic mass is 35.5. The van der Waals surface area contributed by atoms with E-state index in [4.69, 9.17) is 39.5 Å². The molecule has 0 radical (unpaired) electrons. The molecule has 1 aromatic carbocycles. The Labute approximate surface area is 153 Å².